The monoisotopic (exact) mass is 565 g/mol. The Hall–Kier alpha value is -1.32. The van der Waals surface area contributed by atoms with E-state index < -0.39 is 0 Å². The SMILES string of the molecule is CCCCCCCCCCC(C(=O)OCCCCCCCC)=C(CCCCCC)C(=O)OCCCCCCCC. The Kier molecular flexibility index (Phi) is 29.6. The highest BCUT2D eigenvalue weighted by molar-refractivity contribution is 6.00. The molecule has 0 aliphatic heterocycles. The third-order valence-electron chi connectivity index (χ3n) is 7.88. The Labute approximate surface area is 249 Å². The van der Waals surface area contributed by atoms with Crippen LogP contribution in [0.5, 0.6) is 0 Å². The van der Waals surface area contributed by atoms with Crippen molar-refractivity contribution in [2.24, 2.45) is 0 Å². The van der Waals surface area contributed by atoms with Crippen molar-refractivity contribution in [3.63, 3.8) is 0 Å². The molecule has 0 aromatic carbocycles. The molecular weight excluding hydrogens is 496 g/mol. The van der Waals surface area contributed by atoms with Gasteiger partial charge in [-0.2, -0.15) is 0 Å². The van der Waals surface area contributed by atoms with Crippen LogP contribution >= 0.6 is 0 Å². The van der Waals surface area contributed by atoms with Crippen LogP contribution < -0.4 is 0 Å². The van der Waals surface area contributed by atoms with Gasteiger partial charge >= 0.3 is 11.9 Å². The van der Waals surface area contributed by atoms with E-state index in [1.54, 1.807) is 0 Å². The molecule has 0 N–H and O–H groups in total. The fourth-order valence-electron chi connectivity index (χ4n) is 5.19. The van der Waals surface area contributed by atoms with Gasteiger partial charge < -0.3 is 9.47 Å². The third-order valence-corrected chi connectivity index (χ3v) is 7.88. The summed E-state index contributed by atoms with van der Waals surface area (Å²) in [7, 11) is 0. The number of ether oxygens (including phenoxy) is 2. The second-order valence-corrected chi connectivity index (χ2v) is 11.8. The zero-order chi connectivity index (χ0) is 29.5. The molecule has 0 unspecified atom stereocenters. The number of unbranched alkanes of at least 4 members (excludes halogenated alkanes) is 20. The second-order valence-electron chi connectivity index (χ2n) is 11.8. The third kappa shape index (κ3) is 23.4. The summed E-state index contributed by atoms with van der Waals surface area (Å²) in [6, 6.07) is 0. The molecule has 0 saturated heterocycles. The molecule has 0 spiro atoms. The lowest BCUT2D eigenvalue weighted by atomic mass is 9.96. The largest absolute Gasteiger partial charge is 0.462 e. The molecule has 4 nitrogen and oxygen atoms in total. The minimum absolute atomic E-state index is 0.279. The lowest BCUT2D eigenvalue weighted by Gasteiger charge is -2.15. The molecular formula is C36H68O4. The summed E-state index contributed by atoms with van der Waals surface area (Å²) in [5.74, 6) is -0.561. The van der Waals surface area contributed by atoms with Crippen LogP contribution in [0.25, 0.3) is 0 Å². The molecule has 0 aliphatic rings. The van der Waals surface area contributed by atoms with Gasteiger partial charge in [0.1, 0.15) is 0 Å². The van der Waals surface area contributed by atoms with Crippen molar-refractivity contribution >= 4 is 11.9 Å². The van der Waals surface area contributed by atoms with Crippen LogP contribution in [-0.4, -0.2) is 25.2 Å². The summed E-state index contributed by atoms with van der Waals surface area (Å²) in [4.78, 5) is 26.7. The molecule has 4 heteroatoms. The summed E-state index contributed by atoms with van der Waals surface area (Å²) < 4.78 is 11.5. The summed E-state index contributed by atoms with van der Waals surface area (Å²) in [5, 5.41) is 0. The Morgan fingerprint density at radius 1 is 0.350 bits per heavy atom. The first-order valence-corrected chi connectivity index (χ1v) is 17.7. The molecule has 0 bridgehead atoms. The van der Waals surface area contributed by atoms with Crippen LogP contribution in [0.2, 0.25) is 0 Å². The first kappa shape index (κ1) is 38.7. The molecule has 0 saturated carbocycles. The lowest BCUT2D eigenvalue weighted by Crippen LogP contribution is -2.18. The predicted octanol–water partition coefficient (Wildman–Crippen LogP) is 11.6. The summed E-state index contributed by atoms with van der Waals surface area (Å²) in [6.07, 6.45) is 29.1. The van der Waals surface area contributed by atoms with Crippen LogP contribution in [0.3, 0.4) is 0 Å². The molecule has 40 heavy (non-hydrogen) atoms. The maximum atomic E-state index is 13.3. The number of esters is 2. The van der Waals surface area contributed by atoms with Crippen molar-refractivity contribution < 1.29 is 19.1 Å². The van der Waals surface area contributed by atoms with E-state index in [0.29, 0.717) is 37.2 Å². The molecule has 0 aliphatic carbocycles. The van der Waals surface area contributed by atoms with E-state index in [0.717, 1.165) is 64.2 Å². The predicted molar refractivity (Wildman–Crippen MR) is 172 cm³/mol. The van der Waals surface area contributed by atoms with Gasteiger partial charge in [0.15, 0.2) is 0 Å². The van der Waals surface area contributed by atoms with Crippen molar-refractivity contribution in [3.8, 4) is 0 Å². The minimum atomic E-state index is -0.281. The van der Waals surface area contributed by atoms with Gasteiger partial charge in [-0.25, -0.2) is 9.59 Å². The standard InChI is InChI=1S/C36H68O4/c1-5-9-13-17-20-21-22-26-30-34(36(38)40-32-28-24-19-15-11-7-3)33(29-25-16-12-8-4)35(37)39-31-27-23-18-14-10-6-2/h5-32H2,1-4H3. The van der Waals surface area contributed by atoms with Crippen molar-refractivity contribution in [1.82, 2.24) is 0 Å². The molecule has 0 fully saturated rings. The molecule has 0 amide bonds. The van der Waals surface area contributed by atoms with E-state index in [1.807, 2.05) is 0 Å². The highest BCUT2D eigenvalue weighted by Gasteiger charge is 2.23. The van der Waals surface area contributed by atoms with Gasteiger partial charge in [0.2, 0.25) is 0 Å². The maximum absolute atomic E-state index is 13.3. The average molecular weight is 565 g/mol. The Bertz CT molecular complexity index is 610. The van der Waals surface area contributed by atoms with Crippen LogP contribution in [0.1, 0.15) is 195 Å². The van der Waals surface area contributed by atoms with Crippen molar-refractivity contribution in [2.75, 3.05) is 13.2 Å². The van der Waals surface area contributed by atoms with Gasteiger partial charge in [-0.3, -0.25) is 0 Å². The van der Waals surface area contributed by atoms with Gasteiger partial charge in [0.25, 0.3) is 0 Å². The molecule has 0 radical (unpaired) electrons. The average Bonchev–Trinajstić information content (AvgIpc) is 2.96. The zero-order valence-electron chi connectivity index (χ0n) is 27.4. The Morgan fingerprint density at radius 2 is 0.600 bits per heavy atom. The number of hydrogen-bond donors (Lipinski definition) is 0. The molecule has 0 aromatic rings. The van der Waals surface area contributed by atoms with Gasteiger partial charge in [-0.1, -0.05) is 156 Å². The normalized spacial score (nSPS) is 11.9. The first-order chi connectivity index (χ1) is 19.6. The maximum Gasteiger partial charge on any atom is 0.334 e. The fourth-order valence-corrected chi connectivity index (χ4v) is 5.19. The topological polar surface area (TPSA) is 52.6 Å². The quantitative estimate of drug-likeness (QED) is 0.0494. The lowest BCUT2D eigenvalue weighted by molar-refractivity contribution is -0.142. The highest BCUT2D eigenvalue weighted by atomic mass is 16.5. The summed E-state index contributed by atoms with van der Waals surface area (Å²) in [6.45, 7) is 9.78. The minimum Gasteiger partial charge on any atom is -0.462 e. The van der Waals surface area contributed by atoms with E-state index in [2.05, 4.69) is 27.7 Å². The molecule has 0 atom stereocenters. The van der Waals surface area contributed by atoms with Gasteiger partial charge in [-0.05, 0) is 38.5 Å². The summed E-state index contributed by atoms with van der Waals surface area (Å²) >= 11 is 0. The van der Waals surface area contributed by atoms with Crippen LogP contribution in [0.4, 0.5) is 0 Å². The van der Waals surface area contributed by atoms with Crippen LogP contribution in [0, 0.1) is 0 Å². The van der Waals surface area contributed by atoms with Crippen molar-refractivity contribution in [2.45, 2.75) is 195 Å². The van der Waals surface area contributed by atoms with E-state index in [9.17, 15) is 9.59 Å². The van der Waals surface area contributed by atoms with Gasteiger partial charge in [-0.15, -0.1) is 0 Å². The van der Waals surface area contributed by atoms with Gasteiger partial charge in [0.05, 0.1) is 13.2 Å². The van der Waals surface area contributed by atoms with Crippen molar-refractivity contribution in [1.29, 1.82) is 0 Å². The first-order valence-electron chi connectivity index (χ1n) is 17.7. The Balaban J connectivity index is 5.22. The number of hydrogen-bond acceptors (Lipinski definition) is 4. The Morgan fingerprint density at radius 3 is 0.925 bits per heavy atom. The summed E-state index contributed by atoms with van der Waals surface area (Å²) in [5.41, 5.74) is 1.19. The van der Waals surface area contributed by atoms with Crippen LogP contribution in [0.15, 0.2) is 11.1 Å². The number of carbonyl (C=O) groups excluding carboxylic acids is 2. The molecule has 0 rings (SSSR count). The highest BCUT2D eigenvalue weighted by Crippen LogP contribution is 2.23. The zero-order valence-corrected chi connectivity index (χ0v) is 27.4. The van der Waals surface area contributed by atoms with E-state index in [-0.39, 0.29) is 11.9 Å². The van der Waals surface area contributed by atoms with Crippen LogP contribution in [-0.2, 0) is 19.1 Å². The number of carbonyl (C=O) groups is 2. The molecule has 236 valence electrons. The van der Waals surface area contributed by atoms with Gasteiger partial charge in [0, 0.05) is 11.1 Å². The second kappa shape index (κ2) is 30.6. The van der Waals surface area contributed by atoms with E-state index in [4.69, 9.17) is 9.47 Å². The fraction of sp³-hybridized carbons (Fsp3) is 0.889. The van der Waals surface area contributed by atoms with E-state index in [1.165, 1.54) is 89.9 Å². The van der Waals surface area contributed by atoms with E-state index >= 15 is 0 Å². The number of rotatable bonds is 30. The van der Waals surface area contributed by atoms with Crippen molar-refractivity contribution in [3.05, 3.63) is 11.1 Å². The smallest absolute Gasteiger partial charge is 0.334 e. The molecule has 0 heterocycles. The molecule has 0 aromatic heterocycles.